The highest BCUT2D eigenvalue weighted by Gasteiger charge is 2.31. The first-order valence-corrected chi connectivity index (χ1v) is 20.2. The molecule has 3 N–H and O–H groups in total. The molecule has 5 rings (SSSR count). The largest absolute Gasteiger partial charge is 0.355 e. The number of unbranched alkanes of at least 4 members (excludes halogenated alkanes) is 13. The third kappa shape index (κ3) is 12.1. The highest BCUT2D eigenvalue weighted by Crippen LogP contribution is 2.30. The van der Waals surface area contributed by atoms with Crippen molar-refractivity contribution in [2.75, 3.05) is 27.2 Å². The summed E-state index contributed by atoms with van der Waals surface area (Å²) in [6.45, 7) is 7.41. The molecular formula is C45H61N5S. The summed E-state index contributed by atoms with van der Waals surface area (Å²) in [5.41, 5.74) is 12.7. The first-order chi connectivity index (χ1) is 25.0. The van der Waals surface area contributed by atoms with Crippen molar-refractivity contribution in [3.05, 3.63) is 108 Å². The summed E-state index contributed by atoms with van der Waals surface area (Å²) in [5, 5.41) is 11.5. The number of hydrazine groups is 2. The van der Waals surface area contributed by atoms with Crippen LogP contribution in [0, 0.1) is 19.8 Å². The first kappa shape index (κ1) is 38.4. The average Bonchev–Trinajstić information content (AvgIpc) is 3.15. The first-order valence-electron chi connectivity index (χ1n) is 19.7. The molecule has 5 nitrogen and oxygen atoms in total. The number of hydrogen-bond donors (Lipinski definition) is 3. The average molecular weight is 704 g/mol. The van der Waals surface area contributed by atoms with E-state index in [1.165, 1.54) is 101 Å². The van der Waals surface area contributed by atoms with E-state index in [0.29, 0.717) is 0 Å². The molecule has 1 aliphatic heterocycles. The highest BCUT2D eigenvalue weighted by atomic mass is 32.1. The molecule has 6 heteroatoms. The van der Waals surface area contributed by atoms with E-state index >= 15 is 0 Å². The predicted octanol–water partition coefficient (Wildman–Crippen LogP) is 13.4. The molecule has 51 heavy (non-hydrogen) atoms. The number of hydrogen-bond acceptors (Lipinski definition) is 5. The molecule has 1 fully saturated rings. The smallest absolute Gasteiger partial charge is 0.104 e. The van der Waals surface area contributed by atoms with Gasteiger partial charge in [-0.15, -0.1) is 5.53 Å². The molecule has 1 aliphatic rings. The Hall–Kier alpha value is -3.87. The van der Waals surface area contributed by atoms with Gasteiger partial charge in [-0.3, -0.25) is 10.0 Å². The molecule has 1 saturated heterocycles. The fourth-order valence-electron chi connectivity index (χ4n) is 7.00. The maximum Gasteiger partial charge on any atom is 0.104 e. The zero-order valence-corrected chi connectivity index (χ0v) is 32.2. The third-order valence-electron chi connectivity index (χ3n) is 10.3. The zero-order chi connectivity index (χ0) is 35.7. The lowest BCUT2D eigenvalue weighted by Gasteiger charge is -2.43. The second-order valence-electron chi connectivity index (χ2n) is 14.4. The van der Waals surface area contributed by atoms with Crippen LogP contribution in [-0.2, 0) is 0 Å². The molecule has 0 spiro atoms. The van der Waals surface area contributed by atoms with Crippen LogP contribution < -0.4 is 26.2 Å². The molecule has 0 aliphatic carbocycles. The summed E-state index contributed by atoms with van der Waals surface area (Å²) < 4.78 is 0. The van der Waals surface area contributed by atoms with Gasteiger partial charge in [-0.25, -0.2) is 0 Å². The van der Waals surface area contributed by atoms with Crippen LogP contribution >= 0.6 is 12.2 Å². The van der Waals surface area contributed by atoms with Crippen molar-refractivity contribution in [3.8, 4) is 0 Å². The van der Waals surface area contributed by atoms with Crippen LogP contribution in [0.15, 0.2) is 97.1 Å². The van der Waals surface area contributed by atoms with Gasteiger partial charge in [0.25, 0.3) is 0 Å². The van der Waals surface area contributed by atoms with E-state index in [1.54, 1.807) is 0 Å². The molecule has 0 bridgehead atoms. The van der Waals surface area contributed by atoms with E-state index < -0.39 is 0 Å². The van der Waals surface area contributed by atoms with Crippen LogP contribution in [-0.4, -0.2) is 11.5 Å². The SMILES string of the molecule is CCCCCCCCCCCCCCCC[C@H]1CN(c2ccc(Nc3ccccc3C)cc2)NN(c2ccc(Nc3ccccc3C)cc2)C1=S. The van der Waals surface area contributed by atoms with E-state index in [0.717, 1.165) is 52.1 Å². The minimum atomic E-state index is 0.285. The second kappa shape index (κ2) is 20.8. The summed E-state index contributed by atoms with van der Waals surface area (Å²) in [7, 11) is 0. The van der Waals surface area contributed by atoms with Crippen LogP contribution in [0.4, 0.5) is 34.1 Å². The van der Waals surface area contributed by atoms with Gasteiger partial charge < -0.3 is 10.6 Å². The number of aryl methyl sites for hydroxylation is 2. The lowest BCUT2D eigenvalue weighted by Crippen LogP contribution is -2.61. The van der Waals surface area contributed by atoms with Gasteiger partial charge >= 0.3 is 0 Å². The maximum absolute atomic E-state index is 6.20. The Bertz CT molecular complexity index is 1600. The summed E-state index contributed by atoms with van der Waals surface area (Å²) in [4.78, 5) is 0.971. The maximum atomic E-state index is 6.20. The van der Waals surface area contributed by atoms with Crippen molar-refractivity contribution in [2.24, 2.45) is 5.92 Å². The molecule has 0 radical (unpaired) electrons. The van der Waals surface area contributed by atoms with Crippen LogP contribution in [0.3, 0.4) is 0 Å². The Morgan fingerprint density at radius 1 is 0.569 bits per heavy atom. The van der Waals surface area contributed by atoms with E-state index in [9.17, 15) is 0 Å². The molecule has 0 amide bonds. The van der Waals surface area contributed by atoms with Crippen molar-refractivity contribution in [1.82, 2.24) is 5.53 Å². The van der Waals surface area contributed by atoms with Gasteiger partial charge in [0.1, 0.15) is 4.99 Å². The molecular weight excluding hydrogens is 643 g/mol. The quantitative estimate of drug-likeness (QED) is 0.0593. The normalized spacial score (nSPS) is 14.6. The van der Waals surface area contributed by atoms with E-state index in [4.69, 9.17) is 12.2 Å². The zero-order valence-electron chi connectivity index (χ0n) is 31.4. The van der Waals surface area contributed by atoms with E-state index in [-0.39, 0.29) is 5.92 Å². The van der Waals surface area contributed by atoms with Gasteiger partial charge in [-0.2, -0.15) is 0 Å². The Balaban J connectivity index is 1.16. The van der Waals surface area contributed by atoms with Gasteiger partial charge in [0.2, 0.25) is 0 Å². The molecule has 0 unspecified atom stereocenters. The summed E-state index contributed by atoms with van der Waals surface area (Å²) >= 11 is 6.20. The standard InChI is InChI=1S/C45H61N5S/c1-4-5-6-7-8-9-10-11-12-13-14-15-16-17-24-38-35-49(41-31-27-39(28-32-41)46-43-25-20-18-22-36(43)2)48-50(45(38)51)42-33-29-40(30-34-42)47-44-26-21-19-23-37(44)3/h18-23,25-34,38,46-48H,4-17,24,35H2,1-3H3/t38-/m0/s1. The number of thiocarbonyl (C=S) groups is 1. The van der Waals surface area contributed by atoms with Crippen LogP contribution in [0.25, 0.3) is 0 Å². The Kier molecular flexibility index (Phi) is 15.7. The Morgan fingerprint density at radius 3 is 1.47 bits per heavy atom. The molecule has 1 atom stereocenters. The van der Waals surface area contributed by atoms with E-state index in [2.05, 4.69) is 144 Å². The van der Waals surface area contributed by atoms with Gasteiger partial charge in [0.15, 0.2) is 0 Å². The molecule has 0 aromatic heterocycles. The molecule has 4 aromatic rings. The summed E-state index contributed by atoms with van der Waals surface area (Å²) in [5.74, 6) is 0.285. The number of anilines is 6. The van der Waals surface area contributed by atoms with Crippen LogP contribution in [0.5, 0.6) is 0 Å². The van der Waals surface area contributed by atoms with Gasteiger partial charge in [0.05, 0.1) is 11.4 Å². The summed E-state index contributed by atoms with van der Waals surface area (Å²) in [6.07, 6.45) is 20.3. The molecule has 272 valence electrons. The summed E-state index contributed by atoms with van der Waals surface area (Å²) in [6, 6.07) is 34.1. The fraction of sp³-hybridized carbons (Fsp3) is 0.444. The van der Waals surface area contributed by atoms with Crippen molar-refractivity contribution < 1.29 is 0 Å². The second-order valence-corrected chi connectivity index (χ2v) is 14.9. The monoisotopic (exact) mass is 703 g/mol. The van der Waals surface area contributed by atoms with Gasteiger partial charge in [-0.1, -0.05) is 145 Å². The lowest BCUT2D eigenvalue weighted by atomic mass is 9.98. The highest BCUT2D eigenvalue weighted by molar-refractivity contribution is 7.80. The number of rotatable bonds is 21. The Morgan fingerprint density at radius 2 is 1.00 bits per heavy atom. The Labute approximate surface area is 314 Å². The minimum absolute atomic E-state index is 0.285. The van der Waals surface area contributed by atoms with E-state index in [1.807, 2.05) is 0 Å². The lowest BCUT2D eigenvalue weighted by molar-refractivity contribution is 0.473. The number of para-hydroxylation sites is 2. The molecule has 1 heterocycles. The minimum Gasteiger partial charge on any atom is -0.355 e. The van der Waals surface area contributed by atoms with Gasteiger partial charge in [0, 0.05) is 35.2 Å². The number of benzene rings is 4. The predicted molar refractivity (Wildman–Crippen MR) is 226 cm³/mol. The van der Waals surface area contributed by atoms with Crippen molar-refractivity contribution in [1.29, 1.82) is 0 Å². The fourth-order valence-corrected chi connectivity index (χ4v) is 7.33. The number of nitrogens with one attached hydrogen (secondary N) is 3. The topological polar surface area (TPSA) is 42.6 Å². The number of nitrogens with zero attached hydrogens (tertiary/aromatic N) is 2. The van der Waals surface area contributed by atoms with Gasteiger partial charge in [-0.05, 0) is 92.1 Å². The van der Waals surface area contributed by atoms with Crippen molar-refractivity contribution in [3.63, 3.8) is 0 Å². The van der Waals surface area contributed by atoms with Crippen LogP contribution in [0.2, 0.25) is 0 Å². The third-order valence-corrected chi connectivity index (χ3v) is 10.8. The molecule has 0 saturated carbocycles. The molecule has 4 aromatic carbocycles. The van der Waals surface area contributed by atoms with Crippen molar-refractivity contribution >= 4 is 51.3 Å². The van der Waals surface area contributed by atoms with Crippen LogP contribution in [0.1, 0.15) is 114 Å². The van der Waals surface area contributed by atoms with Crippen molar-refractivity contribution in [2.45, 2.75) is 117 Å².